The number of anilines is 1. The van der Waals surface area contributed by atoms with Gasteiger partial charge in [-0.25, -0.2) is 0 Å². The molecule has 1 aromatic carbocycles. The Morgan fingerprint density at radius 3 is 2.30 bits per heavy atom. The third-order valence-electron chi connectivity index (χ3n) is 6.17. The van der Waals surface area contributed by atoms with Gasteiger partial charge < -0.3 is 10.1 Å². The van der Waals surface area contributed by atoms with Gasteiger partial charge in [0.05, 0.1) is 11.8 Å². The summed E-state index contributed by atoms with van der Waals surface area (Å²) in [4.78, 5) is 51.1. The predicted molar refractivity (Wildman–Crippen MR) is 119 cm³/mol. The Bertz CT molecular complexity index is 907. The van der Waals surface area contributed by atoms with Crippen LogP contribution >= 0.6 is 47.8 Å². The van der Waals surface area contributed by atoms with Crippen LogP contribution in [0, 0.1) is 30.6 Å². The number of rotatable bonds is 5. The maximum atomic E-state index is 12.8. The molecular weight excluding hydrogens is 588 g/mol. The van der Waals surface area contributed by atoms with Crippen molar-refractivity contribution in [3.63, 3.8) is 0 Å². The van der Waals surface area contributed by atoms with E-state index in [1.54, 1.807) is 18.2 Å². The van der Waals surface area contributed by atoms with Gasteiger partial charge in [0.1, 0.15) is 6.54 Å². The van der Waals surface area contributed by atoms with Crippen LogP contribution < -0.4 is 5.32 Å². The monoisotopic (exact) mass is 604 g/mol. The Kier molecular flexibility index (Phi) is 6.11. The van der Waals surface area contributed by atoms with E-state index in [1.807, 2.05) is 6.92 Å². The van der Waals surface area contributed by atoms with E-state index in [4.69, 9.17) is 4.74 Å². The van der Waals surface area contributed by atoms with E-state index >= 15 is 0 Å². The zero-order chi connectivity index (χ0) is 21.7. The van der Waals surface area contributed by atoms with Gasteiger partial charge in [-0.05, 0) is 48.9 Å². The summed E-state index contributed by atoms with van der Waals surface area (Å²) < 4.78 is 5.92. The highest BCUT2D eigenvalue weighted by molar-refractivity contribution is 9.12. The van der Waals surface area contributed by atoms with Gasteiger partial charge in [-0.1, -0.05) is 47.8 Å². The molecule has 2 bridgehead atoms. The van der Waals surface area contributed by atoms with Crippen LogP contribution in [0.3, 0.4) is 0 Å². The zero-order valence-electron chi connectivity index (χ0n) is 15.9. The van der Waals surface area contributed by atoms with Crippen LogP contribution in [0.2, 0.25) is 0 Å². The molecule has 10 heteroatoms. The second kappa shape index (κ2) is 8.35. The number of halogens is 3. The fraction of sp³-hybridized carbons (Fsp3) is 0.500. The first-order valence-electron chi connectivity index (χ1n) is 9.54. The molecule has 3 aliphatic rings. The minimum absolute atomic E-state index is 0.0852. The minimum atomic E-state index is -0.781. The van der Waals surface area contributed by atoms with Crippen LogP contribution in [0.5, 0.6) is 0 Å². The maximum Gasteiger partial charge on any atom is 0.326 e. The predicted octanol–water partition coefficient (Wildman–Crippen LogP) is 3.02. The van der Waals surface area contributed by atoms with Crippen molar-refractivity contribution in [3.05, 3.63) is 28.2 Å². The normalized spacial score (nSPS) is 31.8. The molecule has 2 aliphatic carbocycles. The molecule has 6 atom stereocenters. The zero-order valence-corrected chi connectivity index (χ0v) is 20.7. The molecule has 3 amide bonds. The number of nitrogens with one attached hydrogen (secondary N) is 1. The number of nitrogens with zero attached hydrogens (tertiary/aromatic N) is 1. The molecule has 0 aromatic heterocycles. The Balaban J connectivity index is 1.31. The average Bonchev–Trinajstić information content (AvgIpc) is 3.30. The lowest BCUT2D eigenvalue weighted by molar-refractivity contribution is -0.154. The summed E-state index contributed by atoms with van der Waals surface area (Å²) >= 11 is 10.6. The Labute approximate surface area is 198 Å². The summed E-state index contributed by atoms with van der Waals surface area (Å²) in [6.07, 6.45) is 0.826. The van der Waals surface area contributed by atoms with Crippen LogP contribution in [0.25, 0.3) is 0 Å². The summed E-state index contributed by atoms with van der Waals surface area (Å²) in [7, 11) is 0. The highest BCUT2D eigenvalue weighted by Gasteiger charge is 2.66. The van der Waals surface area contributed by atoms with Crippen molar-refractivity contribution < 1.29 is 23.9 Å². The maximum absolute atomic E-state index is 12.8. The summed E-state index contributed by atoms with van der Waals surface area (Å²) in [5, 5.41) is 2.64. The number of esters is 1. The van der Waals surface area contributed by atoms with Gasteiger partial charge in [0, 0.05) is 19.8 Å². The van der Waals surface area contributed by atoms with Crippen LogP contribution in [-0.2, 0) is 23.9 Å². The van der Waals surface area contributed by atoms with Gasteiger partial charge in [-0.15, -0.1) is 0 Å². The molecule has 1 heterocycles. The van der Waals surface area contributed by atoms with E-state index in [2.05, 4.69) is 53.1 Å². The lowest BCUT2D eigenvalue weighted by atomic mass is 9.81. The first kappa shape index (κ1) is 22.0. The van der Waals surface area contributed by atoms with Crippen LogP contribution in [-0.4, -0.2) is 51.4 Å². The van der Waals surface area contributed by atoms with Gasteiger partial charge in [-0.2, -0.15) is 0 Å². The second-order valence-corrected chi connectivity index (χ2v) is 10.9. The van der Waals surface area contributed by atoms with Gasteiger partial charge in [-0.3, -0.25) is 24.1 Å². The number of ether oxygens (including phenoxy) is 1. The van der Waals surface area contributed by atoms with E-state index in [0.717, 1.165) is 21.4 Å². The lowest BCUT2D eigenvalue weighted by Gasteiger charge is -2.28. The highest BCUT2D eigenvalue weighted by atomic mass is 79.9. The molecule has 1 aliphatic heterocycles. The molecule has 3 fully saturated rings. The summed E-state index contributed by atoms with van der Waals surface area (Å²) in [6, 6.07) is 5.31. The first-order chi connectivity index (χ1) is 14.2. The van der Waals surface area contributed by atoms with Crippen LogP contribution in [0.15, 0.2) is 22.7 Å². The SMILES string of the molecule is Cc1cc(NC(=O)COC(=O)CN2C(=O)[C@@H]3[C@H]4C[C@@H]([C@H](Br)[C@@H]4Br)[C@@H]3C2=O)ccc1Br. The Morgan fingerprint density at radius 2 is 1.73 bits per heavy atom. The molecule has 1 N–H and O–H groups in total. The fourth-order valence-corrected chi connectivity index (χ4v) is 6.93. The number of aryl methyl sites for hydroxylation is 1. The minimum Gasteiger partial charge on any atom is -0.454 e. The summed E-state index contributed by atoms with van der Waals surface area (Å²) in [5.74, 6) is -2.49. The fourth-order valence-electron chi connectivity index (χ4n) is 4.81. The van der Waals surface area contributed by atoms with Gasteiger partial charge >= 0.3 is 5.97 Å². The number of carbonyl (C=O) groups is 4. The number of fused-ring (bicyclic) bond motifs is 5. The van der Waals surface area contributed by atoms with Crippen molar-refractivity contribution in [1.82, 2.24) is 4.90 Å². The number of alkyl halides is 2. The van der Waals surface area contributed by atoms with E-state index < -0.39 is 25.0 Å². The Morgan fingerprint density at radius 1 is 1.13 bits per heavy atom. The first-order valence-corrected chi connectivity index (χ1v) is 12.2. The molecule has 1 aromatic rings. The molecule has 0 unspecified atom stereocenters. The number of hydrogen-bond donors (Lipinski definition) is 1. The van der Waals surface area contributed by atoms with E-state index in [0.29, 0.717) is 5.69 Å². The van der Waals surface area contributed by atoms with Crippen molar-refractivity contribution >= 4 is 77.2 Å². The third kappa shape index (κ3) is 3.75. The molecule has 1 saturated heterocycles. The number of carbonyl (C=O) groups excluding carboxylic acids is 4. The standard InChI is InChI=1S/C20H19Br3N2O5/c1-8-4-9(2-3-12(8)21)24-13(26)7-30-14(27)6-25-19(28)15-10-5-11(16(15)20(25)29)18(23)17(10)22/h2-4,10-11,15-18H,5-7H2,1H3,(H,24,26)/t10-,11-,15-,16+,17-,18+/m1/s1. The molecule has 0 spiro atoms. The topological polar surface area (TPSA) is 92.8 Å². The average molecular weight is 607 g/mol. The number of hydrogen-bond acceptors (Lipinski definition) is 5. The van der Waals surface area contributed by atoms with Gasteiger partial charge in [0.15, 0.2) is 6.61 Å². The van der Waals surface area contributed by atoms with Crippen molar-refractivity contribution in [2.24, 2.45) is 23.7 Å². The van der Waals surface area contributed by atoms with Crippen molar-refractivity contribution in [2.75, 3.05) is 18.5 Å². The summed E-state index contributed by atoms with van der Waals surface area (Å²) in [5.41, 5.74) is 1.53. The highest BCUT2D eigenvalue weighted by Crippen LogP contribution is 2.60. The lowest BCUT2D eigenvalue weighted by Crippen LogP contribution is -2.38. The van der Waals surface area contributed by atoms with Crippen molar-refractivity contribution in [1.29, 1.82) is 0 Å². The van der Waals surface area contributed by atoms with Crippen molar-refractivity contribution in [2.45, 2.75) is 23.0 Å². The van der Waals surface area contributed by atoms with Crippen molar-refractivity contribution in [3.8, 4) is 0 Å². The van der Waals surface area contributed by atoms with Crippen LogP contribution in [0.1, 0.15) is 12.0 Å². The largest absolute Gasteiger partial charge is 0.454 e. The number of likely N-dealkylation sites (tertiary alicyclic amines) is 1. The van der Waals surface area contributed by atoms with E-state index in [9.17, 15) is 19.2 Å². The molecule has 160 valence electrons. The second-order valence-electron chi connectivity index (χ2n) is 7.94. The molecular formula is C20H19Br3N2O5. The van der Waals surface area contributed by atoms with Gasteiger partial charge in [0.2, 0.25) is 11.8 Å². The molecule has 2 saturated carbocycles. The van der Waals surface area contributed by atoms with E-state index in [-0.39, 0.29) is 45.1 Å². The molecule has 0 radical (unpaired) electrons. The molecule has 4 rings (SSSR count). The Hall–Kier alpha value is -1.26. The number of imide groups is 1. The quantitative estimate of drug-likeness (QED) is 0.316. The number of benzene rings is 1. The number of amides is 3. The molecule has 7 nitrogen and oxygen atoms in total. The smallest absolute Gasteiger partial charge is 0.326 e. The summed E-state index contributed by atoms with van der Waals surface area (Å²) in [6.45, 7) is 0.935. The third-order valence-corrected chi connectivity index (χ3v) is 10.3. The molecule has 30 heavy (non-hydrogen) atoms. The van der Waals surface area contributed by atoms with E-state index in [1.165, 1.54) is 0 Å². The van der Waals surface area contributed by atoms with Crippen LogP contribution in [0.4, 0.5) is 5.69 Å². The van der Waals surface area contributed by atoms with Gasteiger partial charge in [0.25, 0.3) is 5.91 Å².